The maximum absolute atomic E-state index is 10.9. The summed E-state index contributed by atoms with van der Waals surface area (Å²) in [4.78, 5) is 10.9. The van der Waals surface area contributed by atoms with E-state index < -0.39 is 0 Å². The van der Waals surface area contributed by atoms with Gasteiger partial charge in [0.15, 0.2) is 0 Å². The average Bonchev–Trinajstić information content (AvgIpc) is 1.95. The van der Waals surface area contributed by atoms with Gasteiger partial charge in [-0.3, -0.25) is 4.79 Å². The molecule has 3 heteroatoms. The van der Waals surface area contributed by atoms with E-state index in [9.17, 15) is 4.79 Å². The molecule has 1 aliphatic heterocycles. The van der Waals surface area contributed by atoms with Gasteiger partial charge in [-0.1, -0.05) is 6.92 Å². The molecule has 2 atom stereocenters. The molecule has 3 nitrogen and oxygen atoms in total. The highest BCUT2D eigenvalue weighted by atomic mass is 16.1. The number of carbonyl (C=O) groups is 1. The van der Waals surface area contributed by atoms with Gasteiger partial charge in [-0.05, 0) is 19.9 Å². The lowest BCUT2D eigenvalue weighted by atomic mass is 9.99. The molecular formula is C8H16N2O. The minimum atomic E-state index is 0.187. The van der Waals surface area contributed by atoms with Crippen molar-refractivity contribution in [1.29, 1.82) is 0 Å². The van der Waals surface area contributed by atoms with E-state index in [1.165, 1.54) is 0 Å². The van der Waals surface area contributed by atoms with Crippen LogP contribution in [0.2, 0.25) is 0 Å². The highest BCUT2D eigenvalue weighted by molar-refractivity contribution is 5.77. The molecule has 1 amide bonds. The molecule has 1 heterocycles. The van der Waals surface area contributed by atoms with Gasteiger partial charge in [0.25, 0.3) is 0 Å². The summed E-state index contributed by atoms with van der Waals surface area (Å²) in [5.41, 5.74) is 0. The number of likely N-dealkylation sites (N-methyl/N-ethyl adjacent to an activating group) is 1. The molecule has 1 rings (SSSR count). The van der Waals surface area contributed by atoms with Gasteiger partial charge in [0, 0.05) is 18.5 Å². The minimum Gasteiger partial charge on any atom is -0.352 e. The van der Waals surface area contributed by atoms with Gasteiger partial charge in [0.1, 0.15) is 0 Å². The molecule has 11 heavy (non-hydrogen) atoms. The molecule has 1 aliphatic rings. The Hall–Kier alpha value is -0.570. The first kappa shape index (κ1) is 8.53. The van der Waals surface area contributed by atoms with Gasteiger partial charge in [-0.15, -0.1) is 0 Å². The largest absolute Gasteiger partial charge is 0.352 e. The van der Waals surface area contributed by atoms with E-state index in [0.29, 0.717) is 12.5 Å². The fourth-order valence-electron chi connectivity index (χ4n) is 1.50. The Morgan fingerprint density at radius 2 is 2.45 bits per heavy atom. The van der Waals surface area contributed by atoms with Crippen molar-refractivity contribution in [2.75, 3.05) is 6.54 Å². The summed E-state index contributed by atoms with van der Waals surface area (Å²) in [7, 11) is 0. The second-order valence-corrected chi connectivity index (χ2v) is 3.06. The SMILES string of the molecule is CCNC1CCC(=O)NC1C. The standard InChI is InChI=1S/C8H16N2O/c1-3-9-7-4-5-8(11)10-6(7)2/h6-7,9H,3-5H2,1-2H3,(H,10,11). The summed E-state index contributed by atoms with van der Waals surface area (Å²) >= 11 is 0. The Balaban J connectivity index is 2.37. The molecule has 0 spiro atoms. The Bertz CT molecular complexity index is 147. The average molecular weight is 156 g/mol. The lowest BCUT2D eigenvalue weighted by Gasteiger charge is -2.29. The van der Waals surface area contributed by atoms with Crippen molar-refractivity contribution in [2.45, 2.75) is 38.8 Å². The highest BCUT2D eigenvalue weighted by Crippen LogP contribution is 2.08. The van der Waals surface area contributed by atoms with Crippen LogP contribution in [-0.2, 0) is 4.79 Å². The molecule has 64 valence electrons. The van der Waals surface area contributed by atoms with Crippen molar-refractivity contribution in [2.24, 2.45) is 0 Å². The third kappa shape index (κ3) is 2.19. The first-order valence-corrected chi connectivity index (χ1v) is 4.26. The Morgan fingerprint density at radius 1 is 1.73 bits per heavy atom. The number of amides is 1. The van der Waals surface area contributed by atoms with Gasteiger partial charge >= 0.3 is 0 Å². The van der Waals surface area contributed by atoms with Crippen LogP contribution < -0.4 is 10.6 Å². The molecule has 0 radical (unpaired) electrons. The van der Waals surface area contributed by atoms with E-state index in [-0.39, 0.29) is 11.9 Å². The Labute approximate surface area is 67.5 Å². The molecule has 2 unspecified atom stereocenters. The molecule has 2 N–H and O–H groups in total. The smallest absolute Gasteiger partial charge is 0.220 e. The fourth-order valence-corrected chi connectivity index (χ4v) is 1.50. The van der Waals surface area contributed by atoms with Crippen LogP contribution in [0.1, 0.15) is 26.7 Å². The lowest BCUT2D eigenvalue weighted by molar-refractivity contribution is -0.123. The van der Waals surface area contributed by atoms with Crippen molar-refractivity contribution in [3.8, 4) is 0 Å². The summed E-state index contributed by atoms with van der Waals surface area (Å²) in [5, 5.41) is 6.25. The van der Waals surface area contributed by atoms with Crippen LogP contribution in [0.25, 0.3) is 0 Å². The molecule has 0 aromatic rings. The number of hydrogen-bond acceptors (Lipinski definition) is 2. The zero-order valence-corrected chi connectivity index (χ0v) is 7.18. The van der Waals surface area contributed by atoms with E-state index in [0.717, 1.165) is 13.0 Å². The summed E-state index contributed by atoms with van der Waals surface area (Å²) < 4.78 is 0. The molecule has 0 saturated carbocycles. The van der Waals surface area contributed by atoms with Crippen LogP contribution in [-0.4, -0.2) is 24.5 Å². The molecular weight excluding hydrogens is 140 g/mol. The number of rotatable bonds is 2. The highest BCUT2D eigenvalue weighted by Gasteiger charge is 2.23. The van der Waals surface area contributed by atoms with Gasteiger partial charge < -0.3 is 10.6 Å². The summed E-state index contributed by atoms with van der Waals surface area (Å²) in [6.07, 6.45) is 1.64. The minimum absolute atomic E-state index is 0.187. The first-order chi connectivity index (χ1) is 5.24. The number of piperidine rings is 1. The Kier molecular flexibility index (Phi) is 2.88. The van der Waals surface area contributed by atoms with E-state index in [1.807, 2.05) is 6.92 Å². The zero-order valence-electron chi connectivity index (χ0n) is 7.18. The number of hydrogen-bond donors (Lipinski definition) is 2. The third-order valence-electron chi connectivity index (χ3n) is 2.14. The maximum Gasteiger partial charge on any atom is 0.220 e. The number of nitrogens with one attached hydrogen (secondary N) is 2. The topological polar surface area (TPSA) is 41.1 Å². The van der Waals surface area contributed by atoms with Crippen molar-refractivity contribution in [3.05, 3.63) is 0 Å². The monoisotopic (exact) mass is 156 g/mol. The molecule has 1 saturated heterocycles. The van der Waals surface area contributed by atoms with E-state index >= 15 is 0 Å². The fraction of sp³-hybridized carbons (Fsp3) is 0.875. The van der Waals surface area contributed by atoms with Crippen molar-refractivity contribution < 1.29 is 4.79 Å². The van der Waals surface area contributed by atoms with Crippen LogP contribution in [0.3, 0.4) is 0 Å². The summed E-state index contributed by atoms with van der Waals surface area (Å²) in [6, 6.07) is 0.758. The van der Waals surface area contributed by atoms with Gasteiger partial charge in [-0.2, -0.15) is 0 Å². The van der Waals surface area contributed by atoms with Crippen LogP contribution in [0, 0.1) is 0 Å². The zero-order chi connectivity index (χ0) is 8.27. The maximum atomic E-state index is 10.9. The normalized spacial score (nSPS) is 31.6. The summed E-state index contributed by atoms with van der Waals surface area (Å²) in [5.74, 6) is 0.187. The molecule has 0 aromatic carbocycles. The van der Waals surface area contributed by atoms with Crippen molar-refractivity contribution in [1.82, 2.24) is 10.6 Å². The van der Waals surface area contributed by atoms with Crippen molar-refractivity contribution in [3.63, 3.8) is 0 Å². The van der Waals surface area contributed by atoms with E-state index in [2.05, 4.69) is 17.6 Å². The lowest BCUT2D eigenvalue weighted by Crippen LogP contribution is -2.52. The predicted molar refractivity (Wildman–Crippen MR) is 44.3 cm³/mol. The molecule has 0 bridgehead atoms. The van der Waals surface area contributed by atoms with E-state index in [4.69, 9.17) is 0 Å². The van der Waals surface area contributed by atoms with Crippen LogP contribution in [0.5, 0.6) is 0 Å². The molecule has 1 fully saturated rings. The molecule has 0 aromatic heterocycles. The quantitative estimate of drug-likeness (QED) is 0.602. The van der Waals surface area contributed by atoms with Crippen molar-refractivity contribution >= 4 is 5.91 Å². The van der Waals surface area contributed by atoms with E-state index in [1.54, 1.807) is 0 Å². The second-order valence-electron chi connectivity index (χ2n) is 3.06. The first-order valence-electron chi connectivity index (χ1n) is 4.26. The van der Waals surface area contributed by atoms with Crippen LogP contribution in [0.15, 0.2) is 0 Å². The van der Waals surface area contributed by atoms with Gasteiger partial charge in [0.05, 0.1) is 0 Å². The summed E-state index contributed by atoms with van der Waals surface area (Å²) in [6.45, 7) is 5.11. The Morgan fingerprint density at radius 3 is 3.00 bits per heavy atom. The van der Waals surface area contributed by atoms with Crippen LogP contribution >= 0.6 is 0 Å². The predicted octanol–water partition coefficient (Wildman–Crippen LogP) is 0.263. The van der Waals surface area contributed by atoms with Gasteiger partial charge in [-0.25, -0.2) is 0 Å². The second kappa shape index (κ2) is 3.72. The van der Waals surface area contributed by atoms with Crippen LogP contribution in [0.4, 0.5) is 0 Å². The van der Waals surface area contributed by atoms with Gasteiger partial charge in [0.2, 0.25) is 5.91 Å². The number of carbonyl (C=O) groups excluding carboxylic acids is 1. The molecule has 0 aliphatic carbocycles. The third-order valence-corrected chi connectivity index (χ3v) is 2.14.